The predicted molar refractivity (Wildman–Crippen MR) is 82.0 cm³/mol. The number of piperidine rings is 1. The van der Waals surface area contributed by atoms with Gasteiger partial charge in [0, 0.05) is 37.1 Å². The number of rotatable bonds is 4. The number of hydrogen-bond acceptors (Lipinski definition) is 3. The number of hydrogen-bond donors (Lipinski definition) is 2. The molecule has 1 aliphatic rings. The molecule has 5 heteroatoms. The van der Waals surface area contributed by atoms with Crippen LogP contribution in [0.2, 0.25) is 0 Å². The summed E-state index contributed by atoms with van der Waals surface area (Å²) in [7, 11) is 0. The number of nitrogens with one attached hydrogen (secondary N) is 2. The van der Waals surface area contributed by atoms with Crippen molar-refractivity contribution in [2.75, 3.05) is 19.6 Å². The maximum absolute atomic E-state index is 5.22. The molecule has 0 unspecified atom stereocenters. The zero-order valence-electron chi connectivity index (χ0n) is 10.8. The predicted octanol–water partition coefficient (Wildman–Crippen LogP) is 2.20. The molecule has 0 spiro atoms. The van der Waals surface area contributed by atoms with Crippen LogP contribution in [-0.2, 0) is 6.54 Å². The molecular weight excluding hydrogens is 262 g/mol. The normalized spacial score (nSPS) is 17.6. The molecule has 0 aromatic carbocycles. The lowest BCUT2D eigenvalue weighted by molar-refractivity contribution is 0.200. The number of nitrogens with zero attached hydrogens (tertiary/aromatic N) is 1. The topological polar surface area (TPSA) is 27.3 Å². The van der Waals surface area contributed by atoms with Gasteiger partial charge < -0.3 is 10.6 Å². The zero-order chi connectivity index (χ0) is 12.8. The molecule has 0 radical (unpaired) electrons. The molecular formula is C13H21N3S2. The summed E-state index contributed by atoms with van der Waals surface area (Å²) in [6.07, 6.45) is 2.35. The van der Waals surface area contributed by atoms with Gasteiger partial charge in [0.05, 0.1) is 0 Å². The Balaban J connectivity index is 1.69. The number of thiophene rings is 1. The Morgan fingerprint density at radius 1 is 1.50 bits per heavy atom. The van der Waals surface area contributed by atoms with Gasteiger partial charge >= 0.3 is 0 Å². The van der Waals surface area contributed by atoms with Crippen molar-refractivity contribution in [3.05, 3.63) is 22.4 Å². The summed E-state index contributed by atoms with van der Waals surface area (Å²) < 4.78 is 0. The van der Waals surface area contributed by atoms with Crippen molar-refractivity contribution in [1.82, 2.24) is 15.5 Å². The summed E-state index contributed by atoms with van der Waals surface area (Å²) in [6.45, 7) is 6.37. The molecule has 1 fully saturated rings. The summed E-state index contributed by atoms with van der Waals surface area (Å²) in [5, 5.41) is 9.50. The fraction of sp³-hybridized carbons (Fsp3) is 0.615. The van der Waals surface area contributed by atoms with Crippen LogP contribution < -0.4 is 10.6 Å². The molecule has 1 saturated heterocycles. The van der Waals surface area contributed by atoms with Gasteiger partial charge in [-0.3, -0.25) is 4.90 Å². The molecule has 100 valence electrons. The van der Waals surface area contributed by atoms with Crippen LogP contribution in [0, 0.1) is 0 Å². The minimum Gasteiger partial charge on any atom is -0.363 e. The molecule has 0 aliphatic carbocycles. The van der Waals surface area contributed by atoms with Crippen LogP contribution >= 0.6 is 23.6 Å². The largest absolute Gasteiger partial charge is 0.363 e. The van der Waals surface area contributed by atoms with E-state index in [9.17, 15) is 0 Å². The fourth-order valence-electron chi connectivity index (χ4n) is 2.26. The van der Waals surface area contributed by atoms with E-state index in [-0.39, 0.29) is 0 Å². The van der Waals surface area contributed by atoms with E-state index >= 15 is 0 Å². The van der Waals surface area contributed by atoms with Crippen LogP contribution in [0.5, 0.6) is 0 Å². The quantitative estimate of drug-likeness (QED) is 0.829. The van der Waals surface area contributed by atoms with Gasteiger partial charge in [-0.25, -0.2) is 0 Å². The molecule has 0 amide bonds. The monoisotopic (exact) mass is 283 g/mol. The van der Waals surface area contributed by atoms with Gasteiger partial charge in [-0.15, -0.1) is 11.3 Å². The lowest BCUT2D eigenvalue weighted by Crippen LogP contribution is -2.47. The molecule has 2 heterocycles. The van der Waals surface area contributed by atoms with E-state index in [1.807, 2.05) is 11.3 Å². The lowest BCUT2D eigenvalue weighted by Gasteiger charge is -2.32. The fourth-order valence-corrected chi connectivity index (χ4v) is 3.31. The van der Waals surface area contributed by atoms with Crippen molar-refractivity contribution < 1.29 is 0 Å². The Morgan fingerprint density at radius 2 is 2.28 bits per heavy atom. The third-order valence-corrected chi connectivity index (χ3v) is 4.34. The van der Waals surface area contributed by atoms with Crippen molar-refractivity contribution in [2.45, 2.75) is 32.4 Å². The molecule has 2 rings (SSSR count). The highest BCUT2D eigenvalue weighted by molar-refractivity contribution is 7.80. The second-order valence-electron chi connectivity index (χ2n) is 4.63. The van der Waals surface area contributed by atoms with Crippen molar-refractivity contribution in [3.63, 3.8) is 0 Å². The first-order valence-corrected chi connectivity index (χ1v) is 7.86. The first kappa shape index (κ1) is 13.8. The second-order valence-corrected chi connectivity index (χ2v) is 6.07. The SMILES string of the molecule is CCNC(=S)NC1CCN(Cc2cccs2)CC1. The molecule has 2 N–H and O–H groups in total. The Bertz CT molecular complexity index is 356. The van der Waals surface area contributed by atoms with Gasteiger partial charge in [-0.1, -0.05) is 6.07 Å². The first-order chi connectivity index (χ1) is 8.78. The summed E-state index contributed by atoms with van der Waals surface area (Å²) in [5.74, 6) is 0. The highest BCUT2D eigenvalue weighted by Crippen LogP contribution is 2.16. The lowest BCUT2D eigenvalue weighted by atomic mass is 10.1. The van der Waals surface area contributed by atoms with Crippen LogP contribution in [0.15, 0.2) is 17.5 Å². The second kappa shape index (κ2) is 7.07. The van der Waals surface area contributed by atoms with Gasteiger partial charge in [-0.05, 0) is 43.4 Å². The molecule has 0 bridgehead atoms. The van der Waals surface area contributed by atoms with E-state index < -0.39 is 0 Å². The van der Waals surface area contributed by atoms with Gasteiger partial charge in [-0.2, -0.15) is 0 Å². The van der Waals surface area contributed by atoms with Crippen molar-refractivity contribution in [1.29, 1.82) is 0 Å². The maximum Gasteiger partial charge on any atom is 0.166 e. The van der Waals surface area contributed by atoms with E-state index in [0.29, 0.717) is 6.04 Å². The van der Waals surface area contributed by atoms with Crippen LogP contribution in [0.3, 0.4) is 0 Å². The van der Waals surface area contributed by atoms with E-state index in [0.717, 1.165) is 31.3 Å². The minimum absolute atomic E-state index is 0.538. The highest BCUT2D eigenvalue weighted by atomic mass is 32.1. The van der Waals surface area contributed by atoms with E-state index in [4.69, 9.17) is 12.2 Å². The zero-order valence-corrected chi connectivity index (χ0v) is 12.4. The molecule has 1 aliphatic heterocycles. The molecule has 1 aromatic rings. The van der Waals surface area contributed by atoms with Gasteiger partial charge in [0.15, 0.2) is 5.11 Å². The Morgan fingerprint density at radius 3 is 2.89 bits per heavy atom. The van der Waals surface area contributed by atoms with E-state index in [2.05, 4.69) is 40.0 Å². The molecule has 3 nitrogen and oxygen atoms in total. The summed E-state index contributed by atoms with van der Waals surface area (Å²) in [5.41, 5.74) is 0. The Kier molecular flexibility index (Phi) is 5.41. The first-order valence-electron chi connectivity index (χ1n) is 6.57. The Labute approximate surface area is 119 Å². The highest BCUT2D eigenvalue weighted by Gasteiger charge is 2.19. The molecule has 0 saturated carbocycles. The third kappa shape index (κ3) is 4.23. The number of thiocarbonyl (C=S) groups is 1. The van der Waals surface area contributed by atoms with Crippen LogP contribution in [0.1, 0.15) is 24.6 Å². The van der Waals surface area contributed by atoms with Crippen molar-refractivity contribution in [2.24, 2.45) is 0 Å². The maximum atomic E-state index is 5.22. The summed E-state index contributed by atoms with van der Waals surface area (Å²) >= 11 is 7.07. The van der Waals surface area contributed by atoms with E-state index in [1.165, 1.54) is 17.7 Å². The van der Waals surface area contributed by atoms with E-state index in [1.54, 1.807) is 0 Å². The van der Waals surface area contributed by atoms with Crippen molar-refractivity contribution in [3.8, 4) is 0 Å². The van der Waals surface area contributed by atoms with Gasteiger partial charge in [0.25, 0.3) is 0 Å². The smallest absolute Gasteiger partial charge is 0.166 e. The standard InChI is InChI=1S/C13H21N3S2/c1-2-14-13(17)15-11-5-7-16(8-6-11)10-12-4-3-9-18-12/h3-4,9,11H,2,5-8,10H2,1H3,(H2,14,15,17). The van der Waals surface area contributed by atoms with Crippen molar-refractivity contribution >= 4 is 28.7 Å². The average molecular weight is 283 g/mol. The van der Waals surface area contributed by atoms with Crippen LogP contribution in [-0.4, -0.2) is 35.7 Å². The average Bonchev–Trinajstić information content (AvgIpc) is 2.85. The third-order valence-electron chi connectivity index (χ3n) is 3.22. The minimum atomic E-state index is 0.538. The molecule has 18 heavy (non-hydrogen) atoms. The summed E-state index contributed by atoms with van der Waals surface area (Å²) in [6, 6.07) is 4.88. The summed E-state index contributed by atoms with van der Waals surface area (Å²) in [4.78, 5) is 3.99. The van der Waals surface area contributed by atoms with Gasteiger partial charge in [0.1, 0.15) is 0 Å². The Hall–Kier alpha value is -0.650. The van der Waals surface area contributed by atoms with Gasteiger partial charge in [0.2, 0.25) is 0 Å². The number of likely N-dealkylation sites (tertiary alicyclic amines) is 1. The van der Waals surface area contributed by atoms with Crippen LogP contribution in [0.4, 0.5) is 0 Å². The van der Waals surface area contributed by atoms with Crippen LogP contribution in [0.25, 0.3) is 0 Å². The molecule has 0 atom stereocenters. The molecule has 1 aromatic heterocycles.